The second-order valence-corrected chi connectivity index (χ2v) is 13.9. The number of rotatable bonds is 6. The highest BCUT2D eigenvalue weighted by Gasteiger charge is 2.48. The Kier molecular flexibility index (Phi) is 7.91. The number of ether oxygens (including phenoxy) is 1. The number of nitrogens with one attached hydrogen (secondary N) is 2. The summed E-state index contributed by atoms with van der Waals surface area (Å²) in [5.74, 6) is 0.546. The third kappa shape index (κ3) is 6.85. The van der Waals surface area contributed by atoms with E-state index in [0.29, 0.717) is 31.6 Å². The van der Waals surface area contributed by atoms with Gasteiger partial charge in [-0.1, -0.05) is 39.0 Å². The molecule has 0 radical (unpaired) electrons. The highest BCUT2D eigenvalue weighted by molar-refractivity contribution is 7.89. The molecule has 1 saturated heterocycles. The van der Waals surface area contributed by atoms with E-state index in [-0.39, 0.29) is 30.2 Å². The van der Waals surface area contributed by atoms with E-state index in [1.807, 2.05) is 66.7 Å². The molecule has 1 spiro atoms. The number of carbonyl (C=O) groups is 2. The van der Waals surface area contributed by atoms with E-state index >= 15 is 0 Å². The highest BCUT2D eigenvalue weighted by atomic mass is 32.2. The highest BCUT2D eigenvalue weighted by Crippen LogP contribution is 2.34. The molecule has 0 atom stereocenters. The van der Waals surface area contributed by atoms with Crippen LogP contribution in [0.5, 0.6) is 0 Å². The van der Waals surface area contributed by atoms with Gasteiger partial charge in [-0.05, 0) is 63.6 Å². The fourth-order valence-electron chi connectivity index (χ4n) is 4.35. The first-order valence-electron chi connectivity index (χ1n) is 12.5. The van der Waals surface area contributed by atoms with Gasteiger partial charge in [0.1, 0.15) is 17.0 Å². The number of aryl methyl sites for hydroxylation is 2. The fourth-order valence-corrected chi connectivity index (χ4v) is 5.82. The number of hydrogen-bond donors (Lipinski definition) is 2. The molecule has 9 nitrogen and oxygen atoms in total. The van der Waals surface area contributed by atoms with E-state index in [4.69, 9.17) is 9.73 Å². The number of benzene rings is 1. The SMILES string of the molecule is Cc1cc(CNC(=O)OC(C)(C)C)ccc1CCS(=O)(=O)N1CCC2(CC1)N=C(C(C)(C)C)NC2=O. The molecular weight excluding hydrogens is 480 g/mol. The van der Waals surface area contributed by atoms with Gasteiger partial charge in [-0.3, -0.25) is 9.79 Å². The van der Waals surface area contributed by atoms with Crippen molar-refractivity contribution in [2.24, 2.45) is 10.4 Å². The van der Waals surface area contributed by atoms with Crippen LogP contribution in [0.25, 0.3) is 0 Å². The summed E-state index contributed by atoms with van der Waals surface area (Å²) in [5.41, 5.74) is 1.16. The van der Waals surface area contributed by atoms with Crippen molar-refractivity contribution in [2.75, 3.05) is 18.8 Å². The monoisotopic (exact) mass is 520 g/mol. The Labute approximate surface area is 215 Å². The summed E-state index contributed by atoms with van der Waals surface area (Å²) in [6.07, 6.45) is 0.683. The standard InChI is InChI=1S/C26H40N4O5S/c1-18-16-19(17-27-23(32)35-25(5,6)7)8-9-20(18)10-15-36(33,34)30-13-11-26(12-14-30)22(31)28-21(29-26)24(2,3)4/h8-9,16H,10-15,17H2,1-7H3,(H,27,32)(H,28,29,31). The maximum absolute atomic E-state index is 13.1. The molecule has 0 aromatic heterocycles. The van der Waals surface area contributed by atoms with Crippen LogP contribution < -0.4 is 10.6 Å². The van der Waals surface area contributed by atoms with Crippen LogP contribution in [0.2, 0.25) is 0 Å². The number of sulfonamides is 1. The van der Waals surface area contributed by atoms with Crippen molar-refractivity contribution in [1.82, 2.24) is 14.9 Å². The zero-order valence-corrected chi connectivity index (χ0v) is 23.3. The molecule has 0 saturated carbocycles. The number of aliphatic imine (C=N–C) groups is 1. The van der Waals surface area contributed by atoms with Crippen LogP contribution in [0.15, 0.2) is 23.2 Å². The van der Waals surface area contributed by atoms with E-state index in [1.54, 1.807) is 0 Å². The number of piperidine rings is 1. The van der Waals surface area contributed by atoms with Crippen molar-refractivity contribution in [3.63, 3.8) is 0 Å². The maximum Gasteiger partial charge on any atom is 0.407 e. The number of carbonyl (C=O) groups excluding carboxylic acids is 2. The van der Waals surface area contributed by atoms with Crippen LogP contribution in [-0.4, -0.2) is 60.5 Å². The minimum absolute atomic E-state index is 0.000942. The van der Waals surface area contributed by atoms with Crippen LogP contribution in [-0.2, 0) is 32.5 Å². The summed E-state index contributed by atoms with van der Waals surface area (Å²) in [6.45, 7) is 14.3. The quantitative estimate of drug-likeness (QED) is 0.597. The third-order valence-electron chi connectivity index (χ3n) is 6.51. The molecule has 0 aliphatic carbocycles. The molecule has 0 unspecified atom stereocenters. The first kappa shape index (κ1) is 28.1. The number of alkyl carbamates (subject to hydrolysis) is 1. The van der Waals surface area contributed by atoms with E-state index in [9.17, 15) is 18.0 Å². The number of amides is 2. The van der Waals surface area contributed by atoms with Gasteiger partial charge in [-0.2, -0.15) is 0 Å². The normalized spacial score (nSPS) is 18.6. The zero-order chi connectivity index (χ0) is 26.9. The number of amidine groups is 1. The van der Waals surface area contributed by atoms with E-state index in [2.05, 4.69) is 10.6 Å². The van der Waals surface area contributed by atoms with Crippen molar-refractivity contribution < 1.29 is 22.7 Å². The molecule has 0 bridgehead atoms. The molecule has 2 N–H and O–H groups in total. The average molecular weight is 521 g/mol. The first-order valence-corrected chi connectivity index (χ1v) is 14.1. The van der Waals surface area contributed by atoms with Gasteiger partial charge in [-0.25, -0.2) is 17.5 Å². The molecule has 200 valence electrons. The molecular formula is C26H40N4O5S. The summed E-state index contributed by atoms with van der Waals surface area (Å²) >= 11 is 0. The fraction of sp³-hybridized carbons (Fsp3) is 0.654. The predicted molar refractivity (Wildman–Crippen MR) is 140 cm³/mol. The number of hydrogen-bond acceptors (Lipinski definition) is 6. The minimum Gasteiger partial charge on any atom is -0.444 e. The molecule has 2 amide bonds. The molecule has 1 aromatic rings. The van der Waals surface area contributed by atoms with Gasteiger partial charge < -0.3 is 15.4 Å². The summed E-state index contributed by atoms with van der Waals surface area (Å²) in [4.78, 5) is 29.2. The Morgan fingerprint density at radius 1 is 1.17 bits per heavy atom. The van der Waals surface area contributed by atoms with Crippen molar-refractivity contribution in [3.8, 4) is 0 Å². The Hall–Kier alpha value is -2.46. The minimum atomic E-state index is -3.47. The molecule has 2 aliphatic heterocycles. The lowest BCUT2D eigenvalue weighted by atomic mass is 9.89. The summed E-state index contributed by atoms with van der Waals surface area (Å²) in [6, 6.07) is 5.75. The third-order valence-corrected chi connectivity index (χ3v) is 8.38. The number of nitrogens with zero attached hydrogens (tertiary/aromatic N) is 2. The maximum atomic E-state index is 13.1. The van der Waals surface area contributed by atoms with Gasteiger partial charge in [-0.15, -0.1) is 0 Å². The van der Waals surface area contributed by atoms with Gasteiger partial charge in [0.15, 0.2) is 0 Å². The van der Waals surface area contributed by atoms with E-state index in [1.165, 1.54) is 4.31 Å². The molecule has 2 aliphatic rings. The van der Waals surface area contributed by atoms with Gasteiger partial charge in [0.05, 0.1) is 5.75 Å². The Balaban J connectivity index is 1.55. The summed E-state index contributed by atoms with van der Waals surface area (Å²) in [5, 5.41) is 5.64. The summed E-state index contributed by atoms with van der Waals surface area (Å²) < 4.78 is 32.9. The van der Waals surface area contributed by atoms with Crippen molar-refractivity contribution >= 4 is 27.9 Å². The average Bonchev–Trinajstić information content (AvgIpc) is 3.07. The Bertz CT molecular complexity index is 1140. The summed E-state index contributed by atoms with van der Waals surface area (Å²) in [7, 11) is -3.47. The van der Waals surface area contributed by atoms with Crippen LogP contribution >= 0.6 is 0 Å². The molecule has 36 heavy (non-hydrogen) atoms. The molecule has 1 aromatic carbocycles. The zero-order valence-electron chi connectivity index (χ0n) is 22.5. The molecule has 10 heteroatoms. The Morgan fingerprint density at radius 3 is 2.33 bits per heavy atom. The Morgan fingerprint density at radius 2 is 1.81 bits per heavy atom. The van der Waals surface area contributed by atoms with Crippen molar-refractivity contribution in [2.45, 2.75) is 85.4 Å². The van der Waals surface area contributed by atoms with Crippen LogP contribution in [0.1, 0.15) is 71.1 Å². The molecule has 1 fully saturated rings. The van der Waals surface area contributed by atoms with Gasteiger partial charge in [0.2, 0.25) is 10.0 Å². The second-order valence-electron chi connectivity index (χ2n) is 11.8. The molecule has 2 heterocycles. The van der Waals surface area contributed by atoms with Gasteiger partial charge in [0, 0.05) is 25.0 Å². The van der Waals surface area contributed by atoms with Gasteiger partial charge in [0.25, 0.3) is 5.91 Å². The van der Waals surface area contributed by atoms with E-state index < -0.39 is 27.3 Å². The predicted octanol–water partition coefficient (Wildman–Crippen LogP) is 3.30. The van der Waals surface area contributed by atoms with Crippen LogP contribution in [0.4, 0.5) is 4.79 Å². The lowest BCUT2D eigenvalue weighted by molar-refractivity contribution is -0.125. The van der Waals surface area contributed by atoms with Crippen molar-refractivity contribution in [1.29, 1.82) is 0 Å². The van der Waals surface area contributed by atoms with E-state index in [0.717, 1.165) is 16.7 Å². The first-order chi connectivity index (χ1) is 16.5. The molecule has 3 rings (SSSR count). The lowest BCUT2D eigenvalue weighted by Crippen LogP contribution is -2.51. The smallest absolute Gasteiger partial charge is 0.407 e. The largest absolute Gasteiger partial charge is 0.444 e. The van der Waals surface area contributed by atoms with Gasteiger partial charge >= 0.3 is 6.09 Å². The van der Waals surface area contributed by atoms with Crippen LogP contribution in [0, 0.1) is 12.3 Å². The second kappa shape index (κ2) is 10.1. The topological polar surface area (TPSA) is 117 Å². The van der Waals surface area contributed by atoms with Crippen molar-refractivity contribution in [3.05, 3.63) is 34.9 Å². The van der Waals surface area contributed by atoms with Crippen LogP contribution in [0.3, 0.4) is 0 Å². The lowest BCUT2D eigenvalue weighted by Gasteiger charge is -2.34.